The molecule has 2 heterocycles. The number of aromatic nitrogens is 1. The van der Waals surface area contributed by atoms with Crippen molar-refractivity contribution in [1.29, 1.82) is 0 Å². The Balaban J connectivity index is 2.08. The predicted octanol–water partition coefficient (Wildman–Crippen LogP) is 1.67. The van der Waals surface area contributed by atoms with Gasteiger partial charge in [-0.15, -0.1) is 0 Å². The Labute approximate surface area is 100 Å². The van der Waals surface area contributed by atoms with Crippen LogP contribution in [0.25, 0.3) is 0 Å². The van der Waals surface area contributed by atoms with Crippen LogP contribution in [-0.2, 0) is 11.3 Å². The summed E-state index contributed by atoms with van der Waals surface area (Å²) in [6.07, 6.45) is 3.17. The number of hydrogen-bond acceptors (Lipinski definition) is 4. The van der Waals surface area contributed by atoms with Crippen LogP contribution in [0.1, 0.15) is 31.2 Å². The van der Waals surface area contributed by atoms with Gasteiger partial charge in [0.25, 0.3) is 0 Å². The molecule has 1 aromatic rings. The van der Waals surface area contributed by atoms with Crippen molar-refractivity contribution >= 4 is 5.97 Å². The summed E-state index contributed by atoms with van der Waals surface area (Å²) in [5.74, 6) is 0.510. The second kappa shape index (κ2) is 4.87. The van der Waals surface area contributed by atoms with Crippen molar-refractivity contribution < 1.29 is 14.3 Å². The van der Waals surface area contributed by atoms with Crippen molar-refractivity contribution in [3.63, 3.8) is 0 Å². The number of carboxylic acids is 1. The van der Waals surface area contributed by atoms with Gasteiger partial charge in [0.05, 0.1) is 5.69 Å². The molecular weight excluding hydrogens is 220 g/mol. The number of piperidine rings is 1. The van der Waals surface area contributed by atoms with Crippen LogP contribution in [0.5, 0.6) is 0 Å². The zero-order valence-corrected chi connectivity index (χ0v) is 10.2. The molecule has 1 aliphatic heterocycles. The van der Waals surface area contributed by atoms with Crippen molar-refractivity contribution in [1.82, 2.24) is 9.88 Å². The van der Waals surface area contributed by atoms with Crippen molar-refractivity contribution in [3.05, 3.63) is 17.8 Å². The Bertz CT molecular complexity index is 402. The monoisotopic (exact) mass is 238 g/mol. The molecule has 2 rings (SSSR count). The molecular formula is C12H18N2O3. The first kappa shape index (κ1) is 12.1. The molecule has 1 aromatic heterocycles. The van der Waals surface area contributed by atoms with E-state index in [1.807, 2.05) is 11.8 Å². The molecule has 1 N–H and O–H groups in total. The fourth-order valence-corrected chi connectivity index (χ4v) is 2.31. The average molecular weight is 238 g/mol. The highest BCUT2D eigenvalue weighted by atomic mass is 16.4. The molecule has 0 amide bonds. The van der Waals surface area contributed by atoms with Gasteiger partial charge >= 0.3 is 5.97 Å². The van der Waals surface area contributed by atoms with E-state index in [4.69, 9.17) is 4.42 Å². The topological polar surface area (TPSA) is 66.6 Å². The van der Waals surface area contributed by atoms with E-state index in [1.165, 1.54) is 6.39 Å². The summed E-state index contributed by atoms with van der Waals surface area (Å²) in [5, 5.41) is 9.24. The fourth-order valence-electron chi connectivity index (χ4n) is 2.31. The van der Waals surface area contributed by atoms with E-state index in [9.17, 15) is 9.90 Å². The number of aryl methyl sites for hydroxylation is 1. The minimum atomic E-state index is -0.738. The summed E-state index contributed by atoms with van der Waals surface area (Å²) in [6.45, 7) is 5.33. The molecule has 17 heavy (non-hydrogen) atoms. The van der Waals surface area contributed by atoms with Gasteiger partial charge in [0.15, 0.2) is 6.39 Å². The second-order valence-electron chi connectivity index (χ2n) is 4.81. The Morgan fingerprint density at radius 1 is 1.71 bits per heavy atom. The van der Waals surface area contributed by atoms with Gasteiger partial charge in [0, 0.05) is 6.54 Å². The van der Waals surface area contributed by atoms with E-state index in [1.54, 1.807) is 0 Å². The lowest BCUT2D eigenvalue weighted by Crippen LogP contribution is -2.46. The third-order valence-electron chi connectivity index (χ3n) is 3.46. The lowest BCUT2D eigenvalue weighted by molar-refractivity contribution is -0.145. The maximum atomic E-state index is 11.2. The Morgan fingerprint density at radius 3 is 3.06 bits per heavy atom. The summed E-state index contributed by atoms with van der Waals surface area (Å²) >= 11 is 0. The SMILES string of the molecule is Cc1ocnc1CN1CCC(C)CC1C(=O)O. The molecule has 0 aromatic carbocycles. The van der Waals surface area contributed by atoms with Gasteiger partial charge in [-0.3, -0.25) is 9.69 Å². The van der Waals surface area contributed by atoms with Crippen molar-refractivity contribution in [3.8, 4) is 0 Å². The quantitative estimate of drug-likeness (QED) is 0.867. The molecule has 5 heteroatoms. The van der Waals surface area contributed by atoms with Crippen LogP contribution in [0.4, 0.5) is 0 Å². The van der Waals surface area contributed by atoms with Crippen LogP contribution in [0.15, 0.2) is 10.8 Å². The summed E-state index contributed by atoms with van der Waals surface area (Å²) in [5.41, 5.74) is 0.839. The third kappa shape index (κ3) is 2.66. The van der Waals surface area contributed by atoms with Gasteiger partial charge in [-0.05, 0) is 32.2 Å². The first-order valence-electron chi connectivity index (χ1n) is 5.93. The van der Waals surface area contributed by atoms with Crippen LogP contribution in [0.2, 0.25) is 0 Å². The standard InChI is InChI=1S/C12H18N2O3/c1-8-3-4-14(11(5-8)12(15)16)6-10-9(2)17-7-13-10/h7-8,11H,3-6H2,1-2H3,(H,15,16). The first-order chi connectivity index (χ1) is 8.08. The van der Waals surface area contributed by atoms with E-state index < -0.39 is 12.0 Å². The molecule has 0 spiro atoms. The Hall–Kier alpha value is -1.36. The van der Waals surface area contributed by atoms with Crippen LogP contribution >= 0.6 is 0 Å². The zero-order chi connectivity index (χ0) is 12.4. The van der Waals surface area contributed by atoms with Crippen molar-refractivity contribution in [2.75, 3.05) is 6.54 Å². The van der Waals surface area contributed by atoms with Crippen LogP contribution < -0.4 is 0 Å². The number of hydrogen-bond donors (Lipinski definition) is 1. The number of oxazole rings is 1. The van der Waals surface area contributed by atoms with E-state index in [0.29, 0.717) is 18.9 Å². The van der Waals surface area contributed by atoms with Gasteiger partial charge in [0.2, 0.25) is 0 Å². The Kier molecular flexibility index (Phi) is 3.47. The maximum absolute atomic E-state index is 11.2. The summed E-state index contributed by atoms with van der Waals surface area (Å²) in [7, 11) is 0. The summed E-state index contributed by atoms with van der Waals surface area (Å²) < 4.78 is 5.14. The van der Waals surface area contributed by atoms with Crippen LogP contribution in [0, 0.1) is 12.8 Å². The van der Waals surface area contributed by atoms with Gasteiger partial charge in [-0.1, -0.05) is 6.92 Å². The Morgan fingerprint density at radius 2 is 2.47 bits per heavy atom. The van der Waals surface area contributed by atoms with Gasteiger partial charge in [0.1, 0.15) is 11.8 Å². The predicted molar refractivity (Wildman–Crippen MR) is 61.5 cm³/mol. The number of nitrogens with zero attached hydrogens (tertiary/aromatic N) is 2. The number of carboxylic acid groups (broad SMARTS) is 1. The minimum Gasteiger partial charge on any atom is -0.480 e. The molecule has 0 radical (unpaired) electrons. The summed E-state index contributed by atoms with van der Waals surface area (Å²) in [4.78, 5) is 17.3. The van der Waals surface area contributed by atoms with Gasteiger partial charge in [-0.2, -0.15) is 0 Å². The van der Waals surface area contributed by atoms with E-state index >= 15 is 0 Å². The van der Waals surface area contributed by atoms with E-state index in [-0.39, 0.29) is 0 Å². The van der Waals surface area contributed by atoms with E-state index in [0.717, 1.165) is 24.4 Å². The molecule has 94 valence electrons. The minimum absolute atomic E-state index is 0.394. The first-order valence-corrected chi connectivity index (χ1v) is 5.93. The molecule has 0 bridgehead atoms. The average Bonchev–Trinajstić information content (AvgIpc) is 2.67. The molecule has 2 atom stereocenters. The number of aliphatic carboxylic acids is 1. The molecule has 1 saturated heterocycles. The molecule has 0 aliphatic carbocycles. The van der Waals surface area contributed by atoms with Gasteiger partial charge in [-0.25, -0.2) is 4.98 Å². The second-order valence-corrected chi connectivity index (χ2v) is 4.81. The largest absolute Gasteiger partial charge is 0.480 e. The normalized spacial score (nSPS) is 26.0. The van der Waals surface area contributed by atoms with Gasteiger partial charge < -0.3 is 9.52 Å². The molecule has 1 aliphatic rings. The number of likely N-dealkylation sites (tertiary alicyclic amines) is 1. The van der Waals surface area contributed by atoms with Crippen molar-refractivity contribution in [2.45, 2.75) is 39.3 Å². The lowest BCUT2D eigenvalue weighted by atomic mass is 9.92. The van der Waals surface area contributed by atoms with E-state index in [2.05, 4.69) is 11.9 Å². The highest BCUT2D eigenvalue weighted by Gasteiger charge is 2.32. The summed E-state index contributed by atoms with van der Waals surface area (Å²) in [6, 6.07) is -0.394. The molecule has 1 fully saturated rings. The number of carbonyl (C=O) groups is 1. The third-order valence-corrected chi connectivity index (χ3v) is 3.46. The molecule has 2 unspecified atom stereocenters. The van der Waals surface area contributed by atoms with Crippen LogP contribution in [-0.4, -0.2) is 33.5 Å². The maximum Gasteiger partial charge on any atom is 0.320 e. The van der Waals surface area contributed by atoms with Crippen molar-refractivity contribution in [2.24, 2.45) is 5.92 Å². The molecule has 5 nitrogen and oxygen atoms in total. The van der Waals surface area contributed by atoms with Crippen LogP contribution in [0.3, 0.4) is 0 Å². The lowest BCUT2D eigenvalue weighted by Gasteiger charge is -2.35. The fraction of sp³-hybridized carbons (Fsp3) is 0.667. The smallest absolute Gasteiger partial charge is 0.320 e. The zero-order valence-electron chi connectivity index (χ0n) is 10.2. The highest BCUT2D eigenvalue weighted by Crippen LogP contribution is 2.24. The number of rotatable bonds is 3. The molecule has 0 saturated carbocycles. The highest BCUT2D eigenvalue weighted by molar-refractivity contribution is 5.73.